The number of halogens is 1. The number of hydrogen-bond donors (Lipinski definition) is 0. The first-order valence-electron chi connectivity index (χ1n) is 5.46. The Kier molecular flexibility index (Phi) is 4.74. The maximum absolute atomic E-state index is 10.6. The van der Waals surface area contributed by atoms with Crippen LogP contribution < -0.4 is 0 Å². The molecule has 1 aromatic rings. The third kappa shape index (κ3) is 3.81. The summed E-state index contributed by atoms with van der Waals surface area (Å²) >= 11 is 5.84. The molecule has 1 atom stereocenters. The maximum atomic E-state index is 10.6. The fraction of sp³-hybridized carbons (Fsp3) is 0.500. The number of hydrogen-bond acceptors (Lipinski definition) is 2. The van der Waals surface area contributed by atoms with Crippen LogP contribution in [0.3, 0.4) is 0 Å². The molecule has 0 saturated heterocycles. The lowest BCUT2D eigenvalue weighted by molar-refractivity contribution is -0.384. The molecule has 16 heavy (non-hydrogen) atoms. The van der Waals surface area contributed by atoms with Crippen molar-refractivity contribution in [2.24, 2.45) is 5.92 Å². The third-order valence-electron chi connectivity index (χ3n) is 2.78. The molecule has 0 fully saturated rings. The SMILES string of the molecule is CCC(C)CCc1cc(Cl)cc([N+](=O)[O-])c1. The minimum absolute atomic E-state index is 0.0756. The summed E-state index contributed by atoms with van der Waals surface area (Å²) in [5.74, 6) is 0.637. The Bertz CT molecular complexity index is 379. The van der Waals surface area contributed by atoms with Crippen molar-refractivity contribution in [3.05, 3.63) is 38.9 Å². The largest absolute Gasteiger partial charge is 0.271 e. The lowest BCUT2D eigenvalue weighted by Gasteiger charge is -2.08. The van der Waals surface area contributed by atoms with Gasteiger partial charge < -0.3 is 0 Å². The fourth-order valence-corrected chi connectivity index (χ4v) is 1.75. The van der Waals surface area contributed by atoms with Gasteiger partial charge in [0.2, 0.25) is 0 Å². The first-order chi connectivity index (χ1) is 7.52. The highest BCUT2D eigenvalue weighted by Crippen LogP contribution is 2.23. The second kappa shape index (κ2) is 5.85. The van der Waals surface area contributed by atoms with E-state index in [1.165, 1.54) is 6.07 Å². The van der Waals surface area contributed by atoms with Gasteiger partial charge in [0.05, 0.1) is 4.92 Å². The zero-order valence-corrected chi connectivity index (χ0v) is 10.3. The summed E-state index contributed by atoms with van der Waals surface area (Å²) in [6, 6.07) is 4.79. The summed E-state index contributed by atoms with van der Waals surface area (Å²) in [6.45, 7) is 4.32. The molecule has 0 spiro atoms. The Morgan fingerprint density at radius 3 is 2.69 bits per heavy atom. The average Bonchev–Trinajstić information content (AvgIpc) is 2.25. The predicted octanol–water partition coefficient (Wildman–Crippen LogP) is 4.23. The van der Waals surface area contributed by atoms with Gasteiger partial charge in [0.1, 0.15) is 0 Å². The van der Waals surface area contributed by atoms with Crippen LogP contribution >= 0.6 is 11.6 Å². The van der Waals surface area contributed by atoms with Crippen LogP contribution in [0.2, 0.25) is 5.02 Å². The van der Waals surface area contributed by atoms with Gasteiger partial charge in [-0.1, -0.05) is 31.9 Å². The minimum atomic E-state index is -0.404. The van der Waals surface area contributed by atoms with Crippen molar-refractivity contribution in [2.75, 3.05) is 0 Å². The summed E-state index contributed by atoms with van der Waals surface area (Å²) in [4.78, 5) is 10.2. The number of nitrogens with zero attached hydrogens (tertiary/aromatic N) is 1. The van der Waals surface area contributed by atoms with E-state index < -0.39 is 4.92 Å². The molecule has 0 N–H and O–H groups in total. The second-order valence-electron chi connectivity index (χ2n) is 4.13. The van der Waals surface area contributed by atoms with Crippen LogP contribution in [0, 0.1) is 16.0 Å². The van der Waals surface area contributed by atoms with Crippen LogP contribution in [-0.2, 0) is 6.42 Å². The molecular weight excluding hydrogens is 226 g/mol. The standard InChI is InChI=1S/C12H16ClNO2/c1-3-9(2)4-5-10-6-11(13)8-12(7-10)14(15)16/h6-9H,3-5H2,1-2H3. The number of rotatable bonds is 5. The highest BCUT2D eigenvalue weighted by molar-refractivity contribution is 6.30. The first-order valence-corrected chi connectivity index (χ1v) is 5.84. The Hall–Kier alpha value is -1.09. The Morgan fingerprint density at radius 1 is 1.44 bits per heavy atom. The van der Waals surface area contributed by atoms with Crippen LogP contribution in [0.25, 0.3) is 0 Å². The summed E-state index contributed by atoms with van der Waals surface area (Å²) < 4.78 is 0. The average molecular weight is 242 g/mol. The van der Waals surface area contributed by atoms with Crippen LogP contribution in [0.1, 0.15) is 32.3 Å². The fourth-order valence-electron chi connectivity index (χ4n) is 1.50. The summed E-state index contributed by atoms with van der Waals surface area (Å²) in [5, 5.41) is 11.1. The van der Waals surface area contributed by atoms with Gasteiger partial charge in [0, 0.05) is 17.2 Å². The smallest absolute Gasteiger partial charge is 0.258 e. The van der Waals surface area contributed by atoms with Crippen molar-refractivity contribution in [3.63, 3.8) is 0 Å². The molecule has 0 saturated carbocycles. The van der Waals surface area contributed by atoms with Crippen LogP contribution in [-0.4, -0.2) is 4.92 Å². The molecule has 0 radical (unpaired) electrons. The summed E-state index contributed by atoms with van der Waals surface area (Å²) in [5.41, 5.74) is 1.02. The number of aryl methyl sites for hydroxylation is 1. The number of non-ortho nitro benzene ring substituents is 1. The van der Waals surface area contributed by atoms with Crippen molar-refractivity contribution in [2.45, 2.75) is 33.1 Å². The molecule has 1 rings (SSSR count). The molecule has 0 bridgehead atoms. The molecular formula is C12H16ClNO2. The molecule has 1 unspecified atom stereocenters. The second-order valence-corrected chi connectivity index (χ2v) is 4.56. The van der Waals surface area contributed by atoms with Crippen LogP contribution in [0.15, 0.2) is 18.2 Å². The molecule has 0 aromatic heterocycles. The number of benzene rings is 1. The number of nitro benzene ring substituents is 1. The van der Waals surface area contributed by atoms with Gasteiger partial charge in [-0.05, 0) is 30.4 Å². The van der Waals surface area contributed by atoms with Gasteiger partial charge >= 0.3 is 0 Å². The molecule has 0 aliphatic heterocycles. The molecule has 3 nitrogen and oxygen atoms in total. The Morgan fingerprint density at radius 2 is 2.12 bits per heavy atom. The molecule has 1 aromatic carbocycles. The topological polar surface area (TPSA) is 43.1 Å². The lowest BCUT2D eigenvalue weighted by Crippen LogP contribution is -1.97. The zero-order valence-electron chi connectivity index (χ0n) is 9.57. The quantitative estimate of drug-likeness (QED) is 0.572. The molecule has 88 valence electrons. The summed E-state index contributed by atoms with van der Waals surface area (Å²) in [6.07, 6.45) is 3.01. The van der Waals surface area contributed by atoms with E-state index in [9.17, 15) is 10.1 Å². The molecule has 0 amide bonds. The third-order valence-corrected chi connectivity index (χ3v) is 2.99. The van der Waals surface area contributed by atoms with Crippen molar-refractivity contribution in [1.29, 1.82) is 0 Å². The van der Waals surface area contributed by atoms with Crippen LogP contribution in [0.5, 0.6) is 0 Å². The van der Waals surface area contributed by atoms with Gasteiger partial charge in [-0.25, -0.2) is 0 Å². The minimum Gasteiger partial charge on any atom is -0.258 e. The Labute approximate surface area is 101 Å². The van der Waals surface area contributed by atoms with E-state index in [0.29, 0.717) is 10.9 Å². The highest BCUT2D eigenvalue weighted by Gasteiger charge is 2.09. The van der Waals surface area contributed by atoms with E-state index in [0.717, 1.165) is 24.8 Å². The van der Waals surface area contributed by atoms with Gasteiger partial charge in [-0.2, -0.15) is 0 Å². The first kappa shape index (κ1) is 13.0. The maximum Gasteiger partial charge on any atom is 0.271 e. The molecule has 0 heterocycles. The normalized spacial score (nSPS) is 12.4. The van der Waals surface area contributed by atoms with E-state index in [-0.39, 0.29) is 5.69 Å². The van der Waals surface area contributed by atoms with Gasteiger partial charge in [0.15, 0.2) is 0 Å². The van der Waals surface area contributed by atoms with Gasteiger partial charge in [-0.15, -0.1) is 0 Å². The van der Waals surface area contributed by atoms with E-state index in [1.54, 1.807) is 12.1 Å². The van der Waals surface area contributed by atoms with Gasteiger partial charge in [0.25, 0.3) is 5.69 Å². The van der Waals surface area contributed by atoms with Crippen molar-refractivity contribution in [1.82, 2.24) is 0 Å². The van der Waals surface area contributed by atoms with E-state index >= 15 is 0 Å². The highest BCUT2D eigenvalue weighted by atomic mass is 35.5. The molecule has 0 aliphatic rings. The zero-order chi connectivity index (χ0) is 12.1. The van der Waals surface area contributed by atoms with Crippen molar-refractivity contribution in [3.8, 4) is 0 Å². The van der Waals surface area contributed by atoms with E-state index in [2.05, 4.69) is 13.8 Å². The molecule has 4 heteroatoms. The van der Waals surface area contributed by atoms with Gasteiger partial charge in [-0.3, -0.25) is 10.1 Å². The van der Waals surface area contributed by atoms with Crippen molar-refractivity contribution < 1.29 is 4.92 Å². The lowest BCUT2D eigenvalue weighted by atomic mass is 9.99. The van der Waals surface area contributed by atoms with Crippen LogP contribution in [0.4, 0.5) is 5.69 Å². The predicted molar refractivity (Wildman–Crippen MR) is 65.9 cm³/mol. The number of nitro groups is 1. The summed E-state index contributed by atoms with van der Waals surface area (Å²) in [7, 11) is 0. The van der Waals surface area contributed by atoms with E-state index in [4.69, 9.17) is 11.6 Å². The Balaban J connectivity index is 2.76. The molecule has 0 aliphatic carbocycles. The van der Waals surface area contributed by atoms with E-state index in [1.807, 2.05) is 0 Å². The monoisotopic (exact) mass is 241 g/mol. The van der Waals surface area contributed by atoms with Crippen molar-refractivity contribution >= 4 is 17.3 Å².